The molecule has 14 heavy (non-hydrogen) atoms. The van der Waals surface area contributed by atoms with Crippen LogP contribution in [0.15, 0.2) is 35.9 Å². The van der Waals surface area contributed by atoms with Crippen molar-refractivity contribution < 1.29 is 9.59 Å². The molecule has 1 aromatic carbocycles. The molecule has 3 heteroatoms. The van der Waals surface area contributed by atoms with Crippen molar-refractivity contribution in [2.75, 3.05) is 0 Å². The number of Topliss-reactive ketones (excluding diaryl/α,β-unsaturated/α-hetero) is 1. The van der Waals surface area contributed by atoms with Crippen LogP contribution in [0.3, 0.4) is 0 Å². The Hall–Kier alpha value is -1.41. The molecule has 70 valence electrons. The van der Waals surface area contributed by atoms with Gasteiger partial charge in [0.05, 0.1) is 11.0 Å². The van der Waals surface area contributed by atoms with Gasteiger partial charge in [0.1, 0.15) is 0 Å². The average Bonchev–Trinajstić information content (AvgIpc) is 2.23. The zero-order valence-electron chi connectivity index (χ0n) is 7.24. The SMILES string of the molecule is O=CC1=CC(Cl)c2ccccc2C1=O. The van der Waals surface area contributed by atoms with Gasteiger partial charge >= 0.3 is 0 Å². The van der Waals surface area contributed by atoms with Crippen LogP contribution in [-0.4, -0.2) is 12.1 Å². The quantitative estimate of drug-likeness (QED) is 0.401. The minimum absolute atomic E-state index is 0.142. The molecule has 0 aliphatic heterocycles. The predicted octanol–water partition coefficient (Wildman–Crippen LogP) is 2.29. The zero-order valence-corrected chi connectivity index (χ0v) is 7.99. The van der Waals surface area contributed by atoms with E-state index in [1.54, 1.807) is 18.2 Å². The third kappa shape index (κ3) is 1.28. The largest absolute Gasteiger partial charge is 0.298 e. The first-order valence-corrected chi connectivity index (χ1v) is 4.62. The fraction of sp³-hybridized carbons (Fsp3) is 0.0909. The maximum atomic E-state index is 11.6. The molecule has 0 fully saturated rings. The van der Waals surface area contributed by atoms with Crippen LogP contribution in [0.5, 0.6) is 0 Å². The van der Waals surface area contributed by atoms with Gasteiger partial charge in [-0.2, -0.15) is 0 Å². The fourth-order valence-corrected chi connectivity index (χ4v) is 1.84. The summed E-state index contributed by atoms with van der Waals surface area (Å²) in [5.74, 6) is -0.243. The first kappa shape index (κ1) is 9.16. The van der Waals surface area contributed by atoms with Gasteiger partial charge in [-0.1, -0.05) is 24.3 Å². The molecule has 1 atom stereocenters. The van der Waals surface area contributed by atoms with E-state index in [1.165, 1.54) is 6.08 Å². The number of hydrogen-bond donors (Lipinski definition) is 0. The second-order valence-corrected chi connectivity index (χ2v) is 3.53. The van der Waals surface area contributed by atoms with E-state index >= 15 is 0 Å². The number of ketones is 1. The molecule has 0 spiro atoms. The lowest BCUT2D eigenvalue weighted by Gasteiger charge is -2.16. The number of hydrogen-bond acceptors (Lipinski definition) is 2. The van der Waals surface area contributed by atoms with E-state index in [4.69, 9.17) is 11.6 Å². The first-order chi connectivity index (χ1) is 6.74. The second kappa shape index (κ2) is 3.39. The smallest absolute Gasteiger partial charge is 0.196 e. The molecule has 1 aliphatic rings. The Balaban J connectivity index is 2.60. The highest BCUT2D eigenvalue weighted by molar-refractivity contribution is 6.28. The maximum Gasteiger partial charge on any atom is 0.196 e. The van der Waals surface area contributed by atoms with Crippen LogP contribution in [0.2, 0.25) is 0 Å². The van der Waals surface area contributed by atoms with Gasteiger partial charge in [-0.25, -0.2) is 0 Å². The number of halogens is 1. The Bertz CT molecular complexity index is 435. The number of benzene rings is 1. The summed E-state index contributed by atoms with van der Waals surface area (Å²) in [6, 6.07) is 7.06. The van der Waals surface area contributed by atoms with Crippen molar-refractivity contribution in [3.05, 3.63) is 47.0 Å². The summed E-state index contributed by atoms with van der Waals surface area (Å²) in [5.41, 5.74) is 1.44. The number of aldehydes is 1. The van der Waals surface area contributed by atoms with Gasteiger partial charge in [0, 0.05) is 5.56 Å². The van der Waals surface area contributed by atoms with Gasteiger partial charge in [0.25, 0.3) is 0 Å². The molecule has 1 unspecified atom stereocenters. The Morgan fingerprint density at radius 2 is 2.00 bits per heavy atom. The van der Waals surface area contributed by atoms with Gasteiger partial charge in [-0.15, -0.1) is 11.6 Å². The highest BCUT2D eigenvalue weighted by atomic mass is 35.5. The normalized spacial score (nSPS) is 19.9. The first-order valence-electron chi connectivity index (χ1n) is 4.18. The molecular weight excluding hydrogens is 200 g/mol. The monoisotopic (exact) mass is 206 g/mol. The lowest BCUT2D eigenvalue weighted by atomic mass is 9.91. The molecule has 0 radical (unpaired) electrons. The maximum absolute atomic E-state index is 11.6. The van der Waals surface area contributed by atoms with Crippen molar-refractivity contribution in [1.29, 1.82) is 0 Å². The number of allylic oxidation sites excluding steroid dienone is 2. The van der Waals surface area contributed by atoms with E-state index in [1.807, 2.05) is 6.07 Å². The fourth-order valence-electron chi connectivity index (χ4n) is 1.52. The van der Waals surface area contributed by atoms with E-state index in [9.17, 15) is 9.59 Å². The molecule has 1 aromatic rings. The van der Waals surface area contributed by atoms with Gasteiger partial charge in [0.15, 0.2) is 12.1 Å². The van der Waals surface area contributed by atoms with Crippen LogP contribution >= 0.6 is 11.6 Å². The zero-order chi connectivity index (χ0) is 10.1. The van der Waals surface area contributed by atoms with Crippen molar-refractivity contribution in [2.24, 2.45) is 0 Å². The van der Waals surface area contributed by atoms with Gasteiger partial charge < -0.3 is 0 Å². The Labute approximate surface area is 86.2 Å². The van der Waals surface area contributed by atoms with E-state index in [-0.39, 0.29) is 16.7 Å². The van der Waals surface area contributed by atoms with Crippen LogP contribution in [0.4, 0.5) is 0 Å². The van der Waals surface area contributed by atoms with E-state index < -0.39 is 0 Å². The van der Waals surface area contributed by atoms with E-state index in [0.29, 0.717) is 11.8 Å². The molecule has 0 amide bonds. The third-order valence-electron chi connectivity index (χ3n) is 2.22. The lowest BCUT2D eigenvalue weighted by molar-refractivity contribution is -0.104. The van der Waals surface area contributed by atoms with Crippen molar-refractivity contribution >= 4 is 23.7 Å². The molecule has 0 bridgehead atoms. The Morgan fingerprint density at radius 3 is 2.71 bits per heavy atom. The number of fused-ring (bicyclic) bond motifs is 1. The van der Waals surface area contributed by atoms with Gasteiger partial charge in [0.2, 0.25) is 0 Å². The summed E-state index contributed by atoms with van der Waals surface area (Å²) in [7, 11) is 0. The van der Waals surface area contributed by atoms with Crippen LogP contribution in [0, 0.1) is 0 Å². The Morgan fingerprint density at radius 1 is 1.29 bits per heavy atom. The molecule has 0 aromatic heterocycles. The average molecular weight is 207 g/mol. The topological polar surface area (TPSA) is 34.1 Å². The summed E-state index contributed by atoms with van der Waals surface area (Å²) in [4.78, 5) is 22.2. The van der Waals surface area contributed by atoms with Crippen molar-refractivity contribution in [1.82, 2.24) is 0 Å². The summed E-state index contributed by atoms with van der Waals surface area (Å²) >= 11 is 6.00. The summed E-state index contributed by atoms with van der Waals surface area (Å²) < 4.78 is 0. The summed E-state index contributed by atoms with van der Waals surface area (Å²) in [6.07, 6.45) is 2.03. The van der Waals surface area contributed by atoms with Gasteiger partial charge in [-0.3, -0.25) is 9.59 Å². The van der Waals surface area contributed by atoms with Gasteiger partial charge in [-0.05, 0) is 11.6 Å². The second-order valence-electron chi connectivity index (χ2n) is 3.06. The van der Waals surface area contributed by atoms with Crippen LogP contribution < -0.4 is 0 Å². The van der Waals surface area contributed by atoms with Crippen molar-refractivity contribution in [2.45, 2.75) is 5.38 Å². The molecule has 0 N–H and O–H groups in total. The highest BCUT2D eigenvalue weighted by Crippen LogP contribution is 2.31. The van der Waals surface area contributed by atoms with E-state index in [2.05, 4.69) is 0 Å². The Kier molecular flexibility index (Phi) is 2.22. The molecular formula is C11H7ClO2. The standard InChI is InChI=1S/C11H7ClO2/c12-10-5-7(6-13)11(14)9-4-2-1-3-8(9)10/h1-6,10H. The molecule has 1 aliphatic carbocycles. The van der Waals surface area contributed by atoms with Crippen LogP contribution in [0.25, 0.3) is 0 Å². The lowest BCUT2D eigenvalue weighted by Crippen LogP contribution is -2.14. The van der Waals surface area contributed by atoms with E-state index in [0.717, 1.165) is 5.56 Å². The summed E-state index contributed by atoms with van der Waals surface area (Å²) in [5, 5.41) is -0.385. The molecule has 0 saturated heterocycles. The van der Waals surface area contributed by atoms with Crippen LogP contribution in [-0.2, 0) is 4.79 Å². The number of alkyl halides is 1. The molecule has 0 heterocycles. The number of carbonyl (C=O) groups is 2. The van der Waals surface area contributed by atoms with Crippen molar-refractivity contribution in [3.8, 4) is 0 Å². The minimum atomic E-state index is -0.385. The predicted molar refractivity (Wildman–Crippen MR) is 53.5 cm³/mol. The van der Waals surface area contributed by atoms with Crippen molar-refractivity contribution in [3.63, 3.8) is 0 Å². The van der Waals surface area contributed by atoms with Crippen LogP contribution in [0.1, 0.15) is 21.3 Å². The molecule has 2 nitrogen and oxygen atoms in total. The highest BCUT2D eigenvalue weighted by Gasteiger charge is 2.24. The minimum Gasteiger partial charge on any atom is -0.298 e. The molecule has 2 rings (SSSR count). The number of carbonyl (C=O) groups excluding carboxylic acids is 2. The molecule has 0 saturated carbocycles. The summed E-state index contributed by atoms with van der Waals surface area (Å²) in [6.45, 7) is 0. The number of rotatable bonds is 1. The third-order valence-corrected chi connectivity index (χ3v) is 2.58.